The summed E-state index contributed by atoms with van der Waals surface area (Å²) in [7, 11) is 0. The first-order valence-electron chi connectivity index (χ1n) is 9.43. The molecule has 13 nitrogen and oxygen atoms in total. The molecule has 174 valence electrons. The van der Waals surface area contributed by atoms with E-state index in [9.17, 15) is 28.8 Å². The number of benzene rings is 1. The van der Waals surface area contributed by atoms with Crippen molar-refractivity contribution in [2.24, 2.45) is 5.73 Å². The monoisotopic (exact) mass is 451 g/mol. The number of carboxylic acids is 1. The molecule has 1 aromatic carbocycles. The lowest BCUT2D eigenvalue weighted by molar-refractivity contribution is -0.138. The highest BCUT2D eigenvalue weighted by atomic mass is 16.5. The van der Waals surface area contributed by atoms with Gasteiger partial charge in [-0.05, 0) is 24.6 Å². The van der Waals surface area contributed by atoms with Crippen LogP contribution in [0.3, 0.4) is 0 Å². The highest BCUT2D eigenvalue weighted by Gasteiger charge is 2.17. The average Bonchev–Trinajstić information content (AvgIpc) is 2.73. The Morgan fingerprint density at radius 2 is 1.56 bits per heavy atom. The molecule has 0 radical (unpaired) electrons. The van der Waals surface area contributed by atoms with Gasteiger partial charge < -0.3 is 36.8 Å². The molecule has 0 aliphatic heterocycles. The van der Waals surface area contributed by atoms with Crippen molar-refractivity contribution in [3.63, 3.8) is 0 Å². The van der Waals surface area contributed by atoms with Gasteiger partial charge in [-0.2, -0.15) is 0 Å². The smallest absolute Gasteiger partial charge is 0.404 e. The first-order valence-corrected chi connectivity index (χ1v) is 9.43. The molecule has 0 spiro atoms. The molecular weight excluding hydrogens is 426 g/mol. The van der Waals surface area contributed by atoms with E-state index >= 15 is 0 Å². The van der Waals surface area contributed by atoms with E-state index in [0.29, 0.717) is 11.3 Å². The minimum absolute atomic E-state index is 0.00472. The molecule has 1 rings (SSSR count). The first-order chi connectivity index (χ1) is 15.1. The largest absolute Gasteiger partial charge is 0.481 e. The second-order valence-corrected chi connectivity index (χ2v) is 6.53. The number of aliphatic carboxylic acids is 1. The van der Waals surface area contributed by atoms with Gasteiger partial charge in [0.15, 0.2) is 0 Å². The van der Waals surface area contributed by atoms with Gasteiger partial charge in [-0.25, -0.2) is 4.79 Å². The first kappa shape index (κ1) is 25.9. The summed E-state index contributed by atoms with van der Waals surface area (Å²) in [5, 5.41) is 18.0. The van der Waals surface area contributed by atoms with Gasteiger partial charge >= 0.3 is 12.1 Å². The van der Waals surface area contributed by atoms with Crippen molar-refractivity contribution in [1.29, 1.82) is 0 Å². The number of ether oxygens (including phenoxy) is 1. The molecule has 0 saturated heterocycles. The summed E-state index contributed by atoms with van der Waals surface area (Å²) in [6.07, 6.45) is -1.52. The number of hydrogen-bond acceptors (Lipinski definition) is 7. The minimum atomic E-state index is -1.13. The van der Waals surface area contributed by atoms with Crippen LogP contribution in [0.4, 0.5) is 10.5 Å². The molecule has 1 atom stereocenters. The number of amides is 5. The van der Waals surface area contributed by atoms with Crippen molar-refractivity contribution in [2.75, 3.05) is 18.4 Å². The Bertz CT molecular complexity index is 856. The fourth-order valence-corrected chi connectivity index (χ4v) is 2.21. The number of hydrogen-bond donors (Lipinski definition) is 6. The fourth-order valence-electron chi connectivity index (χ4n) is 2.21. The van der Waals surface area contributed by atoms with Crippen molar-refractivity contribution in [1.82, 2.24) is 16.0 Å². The van der Waals surface area contributed by atoms with Crippen molar-refractivity contribution in [3.8, 4) is 0 Å². The average molecular weight is 451 g/mol. The molecule has 1 aromatic rings. The number of nitrogens with two attached hydrogens (primary N) is 1. The Morgan fingerprint density at radius 1 is 0.938 bits per heavy atom. The van der Waals surface area contributed by atoms with Crippen LogP contribution in [0.15, 0.2) is 24.3 Å². The normalized spacial score (nSPS) is 10.9. The maximum atomic E-state index is 12.0. The highest BCUT2D eigenvalue weighted by Crippen LogP contribution is 2.10. The Balaban J connectivity index is 2.32. The van der Waals surface area contributed by atoms with Crippen molar-refractivity contribution in [3.05, 3.63) is 29.8 Å². The predicted molar refractivity (Wildman–Crippen MR) is 110 cm³/mol. The summed E-state index contributed by atoms with van der Waals surface area (Å²) in [6.45, 7) is 0.619. The number of rotatable bonds is 12. The molecule has 0 heterocycles. The van der Waals surface area contributed by atoms with E-state index in [1.54, 1.807) is 24.3 Å². The van der Waals surface area contributed by atoms with Crippen LogP contribution in [0.2, 0.25) is 0 Å². The molecule has 0 bridgehead atoms. The standard InChI is InChI=1S/C19H25N5O8/c1-11(23-15(26)8-21-14(25)6-7-17(28)29)18(30)22-9-16(27)24-13-4-2-12(3-5-13)10-32-19(20)31/h2-5,11H,6-10H2,1H3,(H2,20,31)(H,21,25)(H,22,30)(H,23,26)(H,24,27)(H,28,29). The summed E-state index contributed by atoms with van der Waals surface area (Å²) in [4.78, 5) is 68.1. The summed E-state index contributed by atoms with van der Waals surface area (Å²) in [5.41, 5.74) is 5.99. The zero-order valence-electron chi connectivity index (χ0n) is 17.3. The van der Waals surface area contributed by atoms with E-state index in [1.807, 2.05) is 0 Å². The van der Waals surface area contributed by atoms with E-state index in [1.165, 1.54) is 6.92 Å². The summed E-state index contributed by atoms with van der Waals surface area (Å²) in [6, 6.07) is 5.42. The third-order valence-corrected chi connectivity index (χ3v) is 3.82. The Kier molecular flexibility index (Phi) is 10.7. The molecule has 0 aliphatic carbocycles. The molecule has 0 aromatic heterocycles. The van der Waals surface area contributed by atoms with Crippen LogP contribution < -0.4 is 27.0 Å². The quantitative estimate of drug-likeness (QED) is 0.227. The SMILES string of the molecule is CC(NC(=O)CNC(=O)CCC(=O)O)C(=O)NCC(=O)Nc1ccc(COC(N)=O)cc1. The molecule has 7 N–H and O–H groups in total. The Labute approximate surface area is 183 Å². The van der Waals surface area contributed by atoms with Crippen molar-refractivity contribution in [2.45, 2.75) is 32.4 Å². The van der Waals surface area contributed by atoms with Crippen LogP contribution in [-0.2, 0) is 35.3 Å². The van der Waals surface area contributed by atoms with Crippen LogP contribution in [0.5, 0.6) is 0 Å². The molecule has 13 heteroatoms. The molecule has 0 saturated carbocycles. The summed E-state index contributed by atoms with van der Waals surface area (Å²) >= 11 is 0. The van der Waals surface area contributed by atoms with E-state index in [-0.39, 0.29) is 26.0 Å². The number of anilines is 1. The van der Waals surface area contributed by atoms with Crippen molar-refractivity contribution >= 4 is 41.4 Å². The predicted octanol–water partition coefficient (Wildman–Crippen LogP) is -1.18. The van der Waals surface area contributed by atoms with Crippen LogP contribution in [0.25, 0.3) is 0 Å². The molecule has 0 fully saturated rings. The van der Waals surface area contributed by atoms with Gasteiger partial charge in [-0.3, -0.25) is 24.0 Å². The second-order valence-electron chi connectivity index (χ2n) is 6.53. The number of carbonyl (C=O) groups excluding carboxylic acids is 5. The summed E-state index contributed by atoms with van der Waals surface area (Å²) in [5.74, 6) is -3.52. The molecule has 0 aliphatic rings. The zero-order valence-corrected chi connectivity index (χ0v) is 17.3. The van der Waals surface area contributed by atoms with Crippen LogP contribution >= 0.6 is 0 Å². The lowest BCUT2D eigenvalue weighted by Crippen LogP contribution is -2.49. The third-order valence-electron chi connectivity index (χ3n) is 3.82. The maximum Gasteiger partial charge on any atom is 0.404 e. The van der Waals surface area contributed by atoms with Gasteiger partial charge in [0.05, 0.1) is 19.5 Å². The number of primary amides is 1. The zero-order chi connectivity index (χ0) is 24.1. The molecule has 1 unspecified atom stereocenters. The van der Waals surface area contributed by atoms with Gasteiger partial charge in [-0.1, -0.05) is 12.1 Å². The van der Waals surface area contributed by atoms with E-state index in [4.69, 9.17) is 10.8 Å². The fraction of sp³-hybridized carbons (Fsp3) is 0.368. The highest BCUT2D eigenvalue weighted by molar-refractivity contribution is 5.96. The number of carbonyl (C=O) groups is 6. The minimum Gasteiger partial charge on any atom is -0.481 e. The topological polar surface area (TPSA) is 206 Å². The lowest BCUT2D eigenvalue weighted by atomic mass is 10.2. The van der Waals surface area contributed by atoms with Gasteiger partial charge in [0.25, 0.3) is 0 Å². The van der Waals surface area contributed by atoms with E-state index < -0.39 is 48.3 Å². The number of carboxylic acid groups (broad SMARTS) is 1. The third kappa shape index (κ3) is 11.1. The van der Waals surface area contributed by atoms with Crippen LogP contribution in [-0.4, -0.2) is 59.9 Å². The Morgan fingerprint density at radius 3 is 2.16 bits per heavy atom. The van der Waals surface area contributed by atoms with E-state index in [2.05, 4.69) is 26.0 Å². The lowest BCUT2D eigenvalue weighted by Gasteiger charge is -2.14. The Hall–Kier alpha value is -4.16. The summed E-state index contributed by atoms with van der Waals surface area (Å²) < 4.78 is 4.64. The second kappa shape index (κ2) is 13.2. The van der Waals surface area contributed by atoms with E-state index in [0.717, 1.165) is 0 Å². The maximum absolute atomic E-state index is 12.0. The van der Waals surface area contributed by atoms with Gasteiger partial charge in [-0.15, -0.1) is 0 Å². The molecule has 5 amide bonds. The van der Waals surface area contributed by atoms with Gasteiger partial charge in [0.1, 0.15) is 12.6 Å². The van der Waals surface area contributed by atoms with Gasteiger partial charge in [0, 0.05) is 12.1 Å². The van der Waals surface area contributed by atoms with Gasteiger partial charge in [0.2, 0.25) is 23.6 Å². The molecular formula is C19H25N5O8. The molecule has 32 heavy (non-hydrogen) atoms. The van der Waals surface area contributed by atoms with Crippen LogP contribution in [0, 0.1) is 0 Å². The van der Waals surface area contributed by atoms with Crippen molar-refractivity contribution < 1.29 is 38.6 Å². The van der Waals surface area contributed by atoms with Crippen LogP contribution in [0.1, 0.15) is 25.3 Å². The number of nitrogens with one attached hydrogen (secondary N) is 4.